The minimum Gasteiger partial charge on any atom is -0.335 e. The third-order valence-electron chi connectivity index (χ3n) is 5.32. The molecule has 28 heavy (non-hydrogen) atoms. The van der Waals surface area contributed by atoms with Gasteiger partial charge in [0.2, 0.25) is 5.91 Å². The maximum atomic E-state index is 12.9. The summed E-state index contributed by atoms with van der Waals surface area (Å²) in [6, 6.07) is 10.7. The molecule has 3 aromatic rings. The molecule has 0 atom stereocenters. The van der Waals surface area contributed by atoms with Crippen LogP contribution in [0.25, 0.3) is 10.2 Å². The third-order valence-corrected chi connectivity index (χ3v) is 6.15. The number of carbonyl (C=O) groups is 1. The smallest absolute Gasteiger partial charge is 0.262 e. The van der Waals surface area contributed by atoms with Crippen molar-refractivity contribution in [2.75, 3.05) is 0 Å². The Morgan fingerprint density at radius 3 is 2.68 bits per heavy atom. The average molecular weight is 396 g/mol. The van der Waals surface area contributed by atoms with Crippen LogP contribution in [0, 0.1) is 0 Å². The largest absolute Gasteiger partial charge is 0.335 e. The molecule has 1 aliphatic rings. The zero-order chi connectivity index (χ0) is 19.7. The molecule has 1 fully saturated rings. The Morgan fingerprint density at radius 1 is 1.25 bits per heavy atom. The molecular formula is C22H25N3O2S. The van der Waals surface area contributed by atoms with E-state index in [1.54, 1.807) is 17.0 Å². The lowest BCUT2D eigenvalue weighted by atomic mass is 10.0. The van der Waals surface area contributed by atoms with Crippen molar-refractivity contribution in [2.45, 2.75) is 58.2 Å². The summed E-state index contributed by atoms with van der Waals surface area (Å²) in [7, 11) is 0. The SMILES string of the molecule is CC(C)c1ccc(CN(C(=O)CCn2cnc3sccc3c2=O)C2CC2)cc1. The molecule has 2 heterocycles. The number of benzene rings is 1. The van der Waals surface area contributed by atoms with E-state index in [1.165, 1.54) is 16.9 Å². The summed E-state index contributed by atoms with van der Waals surface area (Å²) >= 11 is 1.46. The van der Waals surface area contributed by atoms with E-state index < -0.39 is 0 Å². The lowest BCUT2D eigenvalue weighted by molar-refractivity contribution is -0.132. The Bertz CT molecular complexity index is 1030. The predicted octanol–water partition coefficient (Wildman–Crippen LogP) is 4.16. The first-order valence-electron chi connectivity index (χ1n) is 9.84. The number of aromatic nitrogens is 2. The summed E-state index contributed by atoms with van der Waals surface area (Å²) in [5.74, 6) is 0.607. The van der Waals surface area contributed by atoms with Crippen LogP contribution in [-0.2, 0) is 17.9 Å². The van der Waals surface area contributed by atoms with Gasteiger partial charge in [0.15, 0.2) is 0 Å². The van der Waals surface area contributed by atoms with Gasteiger partial charge < -0.3 is 4.90 Å². The monoisotopic (exact) mass is 395 g/mol. The third kappa shape index (κ3) is 4.02. The summed E-state index contributed by atoms with van der Waals surface area (Å²) in [4.78, 5) is 32.4. The molecule has 4 rings (SSSR count). The van der Waals surface area contributed by atoms with Gasteiger partial charge in [0.1, 0.15) is 4.83 Å². The van der Waals surface area contributed by atoms with Crippen molar-refractivity contribution in [1.29, 1.82) is 0 Å². The van der Waals surface area contributed by atoms with E-state index in [4.69, 9.17) is 0 Å². The van der Waals surface area contributed by atoms with Crippen molar-refractivity contribution < 1.29 is 4.79 Å². The van der Waals surface area contributed by atoms with Crippen LogP contribution in [0.15, 0.2) is 46.8 Å². The van der Waals surface area contributed by atoms with Gasteiger partial charge in [-0.3, -0.25) is 14.2 Å². The van der Waals surface area contributed by atoms with Crippen molar-refractivity contribution in [3.8, 4) is 0 Å². The van der Waals surface area contributed by atoms with Crippen LogP contribution in [0.2, 0.25) is 0 Å². The molecule has 1 aliphatic carbocycles. The summed E-state index contributed by atoms with van der Waals surface area (Å²) in [6.07, 6.45) is 4.01. The van der Waals surface area contributed by atoms with Crippen LogP contribution in [0.3, 0.4) is 0 Å². The van der Waals surface area contributed by atoms with Crippen LogP contribution < -0.4 is 5.56 Å². The molecule has 1 aromatic carbocycles. The van der Waals surface area contributed by atoms with E-state index in [2.05, 4.69) is 43.1 Å². The van der Waals surface area contributed by atoms with Gasteiger partial charge in [-0.25, -0.2) is 4.98 Å². The minimum atomic E-state index is -0.0682. The van der Waals surface area contributed by atoms with Crippen LogP contribution in [0.5, 0.6) is 0 Å². The number of fused-ring (bicyclic) bond motifs is 1. The second-order valence-corrected chi connectivity index (χ2v) is 8.68. The normalized spacial score (nSPS) is 14.0. The molecule has 0 bridgehead atoms. The molecule has 0 saturated heterocycles. The Balaban J connectivity index is 1.43. The number of hydrogen-bond donors (Lipinski definition) is 0. The van der Waals surface area contributed by atoms with E-state index in [-0.39, 0.29) is 11.5 Å². The Kier molecular flexibility index (Phi) is 5.31. The molecule has 1 saturated carbocycles. The number of amides is 1. The lowest BCUT2D eigenvalue weighted by Gasteiger charge is -2.23. The van der Waals surface area contributed by atoms with Gasteiger partial charge in [-0.2, -0.15) is 0 Å². The summed E-state index contributed by atoms with van der Waals surface area (Å²) in [5.41, 5.74) is 2.40. The van der Waals surface area contributed by atoms with E-state index in [9.17, 15) is 9.59 Å². The molecule has 2 aromatic heterocycles. The highest BCUT2D eigenvalue weighted by molar-refractivity contribution is 7.16. The van der Waals surface area contributed by atoms with E-state index in [0.717, 1.165) is 23.2 Å². The molecular weight excluding hydrogens is 370 g/mol. The summed E-state index contributed by atoms with van der Waals surface area (Å²) in [5, 5.41) is 2.50. The number of carbonyl (C=O) groups excluding carboxylic acids is 1. The van der Waals surface area contributed by atoms with E-state index in [1.807, 2.05) is 10.3 Å². The first-order chi connectivity index (χ1) is 13.5. The second kappa shape index (κ2) is 7.87. The van der Waals surface area contributed by atoms with Crippen LogP contribution >= 0.6 is 11.3 Å². The highest BCUT2D eigenvalue weighted by atomic mass is 32.1. The summed E-state index contributed by atoms with van der Waals surface area (Å²) in [6.45, 7) is 5.36. The molecule has 146 valence electrons. The fraction of sp³-hybridized carbons (Fsp3) is 0.409. The van der Waals surface area contributed by atoms with Gasteiger partial charge in [-0.15, -0.1) is 11.3 Å². The van der Waals surface area contributed by atoms with Crippen molar-refractivity contribution in [3.63, 3.8) is 0 Å². The van der Waals surface area contributed by atoms with Gasteiger partial charge in [-0.1, -0.05) is 38.1 Å². The Morgan fingerprint density at radius 2 is 2.00 bits per heavy atom. The molecule has 5 nitrogen and oxygen atoms in total. The zero-order valence-corrected chi connectivity index (χ0v) is 17.1. The van der Waals surface area contributed by atoms with Gasteiger partial charge >= 0.3 is 0 Å². The molecule has 0 radical (unpaired) electrons. The molecule has 6 heteroatoms. The van der Waals surface area contributed by atoms with Crippen LogP contribution in [-0.4, -0.2) is 26.4 Å². The Labute approximate surface area is 168 Å². The maximum absolute atomic E-state index is 12.9. The predicted molar refractivity (Wildman–Crippen MR) is 113 cm³/mol. The minimum absolute atomic E-state index is 0.0682. The average Bonchev–Trinajstić information content (AvgIpc) is 3.41. The fourth-order valence-electron chi connectivity index (χ4n) is 3.42. The molecule has 0 unspecified atom stereocenters. The molecule has 0 spiro atoms. The quantitative estimate of drug-likeness (QED) is 0.603. The lowest BCUT2D eigenvalue weighted by Crippen LogP contribution is -2.34. The maximum Gasteiger partial charge on any atom is 0.262 e. The second-order valence-electron chi connectivity index (χ2n) is 7.78. The summed E-state index contributed by atoms with van der Waals surface area (Å²) < 4.78 is 1.55. The Hall–Kier alpha value is -2.47. The standard InChI is InChI=1S/C22H25N3O2S/c1-15(2)17-5-3-16(4-6-17)13-25(18-7-8-18)20(26)9-11-24-14-23-21-19(22(24)27)10-12-28-21/h3-6,10,12,14-15,18H,7-9,11,13H2,1-2H3. The number of nitrogens with zero attached hydrogens (tertiary/aromatic N) is 3. The number of rotatable bonds is 7. The van der Waals surface area contributed by atoms with Crippen molar-refractivity contribution in [3.05, 3.63) is 63.5 Å². The fourth-order valence-corrected chi connectivity index (χ4v) is 4.15. The number of aryl methyl sites for hydroxylation is 1. The van der Waals surface area contributed by atoms with E-state index in [0.29, 0.717) is 36.9 Å². The van der Waals surface area contributed by atoms with Crippen molar-refractivity contribution in [1.82, 2.24) is 14.5 Å². The zero-order valence-electron chi connectivity index (χ0n) is 16.3. The number of thiophene rings is 1. The highest BCUT2D eigenvalue weighted by Gasteiger charge is 2.32. The topological polar surface area (TPSA) is 55.2 Å². The molecule has 0 N–H and O–H groups in total. The van der Waals surface area contributed by atoms with Gasteiger partial charge in [-0.05, 0) is 41.3 Å². The van der Waals surface area contributed by atoms with Gasteiger partial charge in [0.05, 0.1) is 11.7 Å². The first kappa shape index (κ1) is 18.9. The van der Waals surface area contributed by atoms with E-state index >= 15 is 0 Å². The van der Waals surface area contributed by atoms with Gasteiger partial charge in [0, 0.05) is 25.6 Å². The van der Waals surface area contributed by atoms with Gasteiger partial charge in [0.25, 0.3) is 5.56 Å². The van der Waals surface area contributed by atoms with Crippen LogP contribution in [0.4, 0.5) is 0 Å². The molecule has 1 amide bonds. The number of hydrogen-bond acceptors (Lipinski definition) is 4. The highest BCUT2D eigenvalue weighted by Crippen LogP contribution is 2.29. The van der Waals surface area contributed by atoms with Crippen molar-refractivity contribution >= 4 is 27.5 Å². The van der Waals surface area contributed by atoms with Crippen molar-refractivity contribution in [2.24, 2.45) is 0 Å². The first-order valence-corrected chi connectivity index (χ1v) is 10.7. The molecule has 0 aliphatic heterocycles. The van der Waals surface area contributed by atoms with Crippen LogP contribution in [0.1, 0.15) is 50.2 Å².